The number of aromatic carboxylic acids is 1. The maximum absolute atomic E-state index is 12.4. The van der Waals surface area contributed by atoms with Crippen LogP contribution in [0.2, 0.25) is 0 Å². The van der Waals surface area contributed by atoms with E-state index in [4.69, 9.17) is 9.84 Å². The lowest BCUT2D eigenvalue weighted by Crippen LogP contribution is -2.40. The average molecular weight is 419 g/mol. The van der Waals surface area contributed by atoms with E-state index >= 15 is 0 Å². The number of carboxylic acids is 1. The Kier molecular flexibility index (Phi) is 7.32. The van der Waals surface area contributed by atoms with E-state index in [0.29, 0.717) is 17.0 Å². The van der Waals surface area contributed by atoms with Crippen molar-refractivity contribution >= 4 is 33.8 Å². The number of methoxy groups -OCH3 is 1. The summed E-state index contributed by atoms with van der Waals surface area (Å²) in [6.07, 6.45) is 1.33. The van der Waals surface area contributed by atoms with Crippen molar-refractivity contribution in [2.45, 2.75) is 6.92 Å². The number of carbonyl (C=O) groups excluding carboxylic acids is 1. The lowest BCUT2D eigenvalue weighted by molar-refractivity contribution is -0.119. The summed E-state index contributed by atoms with van der Waals surface area (Å²) in [5, 5.41) is 12.7. The van der Waals surface area contributed by atoms with E-state index in [1.165, 1.54) is 44.5 Å². The summed E-state index contributed by atoms with van der Waals surface area (Å²) in [6, 6.07) is 12.2. The van der Waals surface area contributed by atoms with Crippen LogP contribution < -0.4 is 14.5 Å². The molecule has 0 aliphatic carbocycles. The van der Waals surface area contributed by atoms with Crippen molar-refractivity contribution in [2.24, 2.45) is 5.10 Å². The van der Waals surface area contributed by atoms with Crippen molar-refractivity contribution < 1.29 is 27.9 Å². The van der Waals surface area contributed by atoms with Crippen molar-refractivity contribution in [2.75, 3.05) is 23.7 Å². The number of hydrazone groups is 1. The monoisotopic (exact) mass is 419 g/mol. The van der Waals surface area contributed by atoms with Crippen LogP contribution in [0.15, 0.2) is 53.6 Å². The zero-order chi connectivity index (χ0) is 21.4. The van der Waals surface area contributed by atoms with Crippen LogP contribution in [0.3, 0.4) is 0 Å². The number of nitrogens with zero attached hydrogens (tertiary/aromatic N) is 2. The van der Waals surface area contributed by atoms with Crippen LogP contribution in [0.5, 0.6) is 5.75 Å². The molecule has 0 unspecified atom stereocenters. The van der Waals surface area contributed by atoms with Gasteiger partial charge in [0.1, 0.15) is 12.3 Å². The topological polar surface area (TPSA) is 125 Å². The molecule has 0 fully saturated rings. The second-order valence-corrected chi connectivity index (χ2v) is 8.01. The minimum absolute atomic E-state index is 0.131. The highest BCUT2D eigenvalue weighted by Gasteiger charge is 2.23. The van der Waals surface area contributed by atoms with Crippen molar-refractivity contribution in [1.82, 2.24) is 5.43 Å². The van der Waals surface area contributed by atoms with Gasteiger partial charge in [0, 0.05) is 0 Å². The molecule has 29 heavy (non-hydrogen) atoms. The largest absolute Gasteiger partial charge is 0.497 e. The molecule has 0 heterocycles. The summed E-state index contributed by atoms with van der Waals surface area (Å²) in [5.74, 6) is -1.29. The molecule has 0 atom stereocenters. The number of amides is 1. The lowest BCUT2D eigenvalue weighted by Gasteiger charge is -2.23. The van der Waals surface area contributed by atoms with E-state index in [-0.39, 0.29) is 11.3 Å². The molecule has 2 N–H and O–H groups in total. The zero-order valence-corrected chi connectivity index (χ0v) is 16.7. The first-order valence-electron chi connectivity index (χ1n) is 8.56. The van der Waals surface area contributed by atoms with Crippen molar-refractivity contribution in [3.8, 4) is 5.75 Å². The van der Waals surface area contributed by atoms with Gasteiger partial charge in [-0.25, -0.2) is 18.6 Å². The molecule has 1 amide bonds. The molecule has 2 aromatic rings. The fourth-order valence-electron chi connectivity index (χ4n) is 2.31. The molecule has 2 aromatic carbocycles. The van der Waals surface area contributed by atoms with Gasteiger partial charge >= 0.3 is 5.97 Å². The minimum Gasteiger partial charge on any atom is -0.497 e. The van der Waals surface area contributed by atoms with Gasteiger partial charge in [-0.3, -0.25) is 9.10 Å². The van der Waals surface area contributed by atoms with Gasteiger partial charge in [-0.2, -0.15) is 5.10 Å². The number of carbonyl (C=O) groups is 2. The van der Waals surface area contributed by atoms with E-state index in [0.717, 1.165) is 4.31 Å². The van der Waals surface area contributed by atoms with Gasteiger partial charge in [-0.05, 0) is 48.9 Å². The normalized spacial score (nSPS) is 11.2. The van der Waals surface area contributed by atoms with Crippen LogP contribution in [-0.4, -0.2) is 51.0 Å². The number of ether oxygens (including phenoxy) is 1. The molecule has 9 nitrogen and oxygen atoms in total. The lowest BCUT2D eigenvalue weighted by atomic mass is 10.1. The fraction of sp³-hybridized carbons (Fsp3) is 0.211. The first-order chi connectivity index (χ1) is 13.8. The first kappa shape index (κ1) is 21.9. The standard InChI is InChI=1S/C19H21N3O6S/c1-3-29(26,27)22(16-8-10-17(28-2)11-9-16)13-18(23)21-20-12-14-4-6-15(7-5-14)19(24)25/h4-12H,3,13H2,1-2H3,(H,21,23)(H,24,25)/b20-12-. The van der Waals surface area contributed by atoms with Gasteiger partial charge < -0.3 is 9.84 Å². The molecule has 154 valence electrons. The van der Waals surface area contributed by atoms with Crippen LogP contribution >= 0.6 is 0 Å². The molecule has 0 aliphatic heterocycles. The molecule has 0 radical (unpaired) electrons. The highest BCUT2D eigenvalue weighted by atomic mass is 32.2. The molecule has 0 aromatic heterocycles. The number of carboxylic acid groups (broad SMARTS) is 1. The van der Waals surface area contributed by atoms with Gasteiger partial charge in [-0.1, -0.05) is 12.1 Å². The van der Waals surface area contributed by atoms with Gasteiger partial charge in [0.25, 0.3) is 5.91 Å². The average Bonchev–Trinajstić information content (AvgIpc) is 2.72. The first-order valence-corrected chi connectivity index (χ1v) is 10.2. The number of anilines is 1. The number of nitrogens with one attached hydrogen (secondary N) is 1. The number of hydrogen-bond donors (Lipinski definition) is 2. The Hall–Kier alpha value is -3.40. The van der Waals surface area contributed by atoms with E-state index in [9.17, 15) is 18.0 Å². The molecule has 0 spiro atoms. The predicted octanol–water partition coefficient (Wildman–Crippen LogP) is 1.70. The third-order valence-electron chi connectivity index (χ3n) is 3.91. The highest BCUT2D eigenvalue weighted by molar-refractivity contribution is 7.92. The number of sulfonamides is 1. The Morgan fingerprint density at radius 3 is 2.28 bits per heavy atom. The maximum Gasteiger partial charge on any atom is 0.335 e. The maximum atomic E-state index is 12.4. The Bertz CT molecular complexity index is 986. The van der Waals surface area contributed by atoms with Crippen LogP contribution in [0.1, 0.15) is 22.8 Å². The second kappa shape index (κ2) is 9.69. The van der Waals surface area contributed by atoms with Crippen LogP contribution in [0, 0.1) is 0 Å². The smallest absolute Gasteiger partial charge is 0.335 e. The molecular formula is C19H21N3O6S. The summed E-state index contributed by atoms with van der Waals surface area (Å²) in [4.78, 5) is 23.0. The Labute approximate surface area is 168 Å². The third-order valence-corrected chi connectivity index (χ3v) is 5.65. The second-order valence-electron chi connectivity index (χ2n) is 5.83. The van der Waals surface area contributed by atoms with Gasteiger partial charge in [0.15, 0.2) is 0 Å². The minimum atomic E-state index is -3.69. The molecule has 0 aliphatic rings. The van der Waals surface area contributed by atoms with E-state index in [1.54, 1.807) is 24.3 Å². The zero-order valence-electron chi connectivity index (χ0n) is 15.9. The number of hydrogen-bond acceptors (Lipinski definition) is 6. The summed E-state index contributed by atoms with van der Waals surface area (Å²) >= 11 is 0. The van der Waals surface area contributed by atoms with Crippen LogP contribution in [0.4, 0.5) is 5.69 Å². The summed E-state index contributed by atoms with van der Waals surface area (Å²) < 4.78 is 30.9. The van der Waals surface area contributed by atoms with Crippen molar-refractivity contribution in [3.05, 3.63) is 59.7 Å². The molecular weight excluding hydrogens is 398 g/mol. The Morgan fingerprint density at radius 1 is 1.14 bits per heavy atom. The molecule has 10 heteroatoms. The molecule has 0 saturated carbocycles. The van der Waals surface area contributed by atoms with Gasteiger partial charge in [-0.15, -0.1) is 0 Å². The Morgan fingerprint density at radius 2 is 1.76 bits per heavy atom. The van der Waals surface area contributed by atoms with E-state index in [1.807, 2.05) is 0 Å². The van der Waals surface area contributed by atoms with E-state index in [2.05, 4.69) is 10.5 Å². The van der Waals surface area contributed by atoms with Crippen LogP contribution in [0.25, 0.3) is 0 Å². The number of rotatable bonds is 9. The fourth-order valence-corrected chi connectivity index (χ4v) is 3.38. The molecule has 0 saturated heterocycles. The van der Waals surface area contributed by atoms with Crippen LogP contribution in [-0.2, 0) is 14.8 Å². The number of benzene rings is 2. The quantitative estimate of drug-likeness (QED) is 0.471. The molecule has 0 bridgehead atoms. The van der Waals surface area contributed by atoms with Gasteiger partial charge in [0.05, 0.1) is 30.3 Å². The van der Waals surface area contributed by atoms with Gasteiger partial charge in [0.2, 0.25) is 10.0 Å². The van der Waals surface area contributed by atoms with Crippen molar-refractivity contribution in [1.29, 1.82) is 0 Å². The highest BCUT2D eigenvalue weighted by Crippen LogP contribution is 2.21. The molecule has 2 rings (SSSR count). The predicted molar refractivity (Wildman–Crippen MR) is 109 cm³/mol. The third kappa shape index (κ3) is 6.04. The van der Waals surface area contributed by atoms with E-state index < -0.39 is 28.4 Å². The summed E-state index contributed by atoms with van der Waals surface area (Å²) in [5.41, 5.74) is 3.30. The Balaban J connectivity index is 2.08. The summed E-state index contributed by atoms with van der Waals surface area (Å²) in [6.45, 7) is 1.04. The summed E-state index contributed by atoms with van der Waals surface area (Å²) in [7, 11) is -2.20. The van der Waals surface area contributed by atoms with Crippen molar-refractivity contribution in [3.63, 3.8) is 0 Å². The SMILES string of the molecule is CCS(=O)(=O)N(CC(=O)N/N=C\c1ccc(C(=O)O)cc1)c1ccc(OC)cc1.